The van der Waals surface area contributed by atoms with Crippen molar-refractivity contribution in [1.29, 1.82) is 0 Å². The van der Waals surface area contributed by atoms with Crippen LogP contribution in [0.5, 0.6) is 5.75 Å². The number of nitrogens with zero attached hydrogens (tertiary/aromatic N) is 2. The van der Waals surface area contributed by atoms with Gasteiger partial charge in [-0.15, -0.1) is 10.2 Å². The first-order chi connectivity index (χ1) is 12.0. The van der Waals surface area contributed by atoms with Crippen LogP contribution in [0.25, 0.3) is 0 Å². The fourth-order valence-corrected chi connectivity index (χ4v) is 3.49. The average molecular weight is 359 g/mol. The fourth-order valence-electron chi connectivity index (χ4n) is 2.31. The minimum absolute atomic E-state index is 0.116. The Morgan fingerprint density at radius 3 is 2.28 bits per heavy atom. The van der Waals surface area contributed by atoms with Gasteiger partial charge in [-0.05, 0) is 29.8 Å². The van der Waals surface area contributed by atoms with Crippen LogP contribution in [0.2, 0.25) is 0 Å². The summed E-state index contributed by atoms with van der Waals surface area (Å²) in [6, 6.07) is 14.4. The molecule has 130 valence electrons. The normalized spacial score (nSPS) is 12.7. The number of aromatic nitrogens is 2. The van der Waals surface area contributed by atoms with Gasteiger partial charge in [0.2, 0.25) is 21.8 Å². The maximum absolute atomic E-state index is 12.8. The minimum Gasteiger partial charge on any atom is -0.497 e. The van der Waals surface area contributed by atoms with Crippen LogP contribution in [0.15, 0.2) is 63.9 Å². The van der Waals surface area contributed by atoms with Crippen molar-refractivity contribution >= 4 is 10.0 Å². The molecule has 0 fully saturated rings. The molecule has 0 saturated heterocycles. The molecular weight excluding hydrogens is 342 g/mol. The van der Waals surface area contributed by atoms with Crippen LogP contribution in [-0.2, 0) is 10.0 Å². The van der Waals surface area contributed by atoms with Crippen molar-refractivity contribution < 1.29 is 17.6 Å². The first-order valence-corrected chi connectivity index (χ1v) is 8.99. The van der Waals surface area contributed by atoms with Crippen LogP contribution in [0, 0.1) is 6.92 Å². The van der Waals surface area contributed by atoms with E-state index < -0.39 is 16.1 Å². The molecule has 0 bridgehead atoms. The van der Waals surface area contributed by atoms with Gasteiger partial charge in [-0.1, -0.05) is 30.3 Å². The van der Waals surface area contributed by atoms with E-state index in [9.17, 15) is 8.42 Å². The summed E-state index contributed by atoms with van der Waals surface area (Å²) in [4.78, 5) is 0.116. The first-order valence-electron chi connectivity index (χ1n) is 7.51. The second kappa shape index (κ2) is 7.04. The molecule has 3 rings (SSSR count). The van der Waals surface area contributed by atoms with Gasteiger partial charge in [0.25, 0.3) is 0 Å². The number of hydrogen-bond donors (Lipinski definition) is 1. The lowest BCUT2D eigenvalue weighted by atomic mass is 10.1. The number of methoxy groups -OCH3 is 1. The number of sulfonamides is 1. The summed E-state index contributed by atoms with van der Waals surface area (Å²) < 4.78 is 38.6. The van der Waals surface area contributed by atoms with Crippen molar-refractivity contribution in [3.05, 3.63) is 71.9 Å². The fraction of sp³-hybridized carbons (Fsp3) is 0.176. The van der Waals surface area contributed by atoms with E-state index in [-0.39, 0.29) is 10.8 Å². The van der Waals surface area contributed by atoms with E-state index in [1.54, 1.807) is 31.2 Å². The second-order valence-electron chi connectivity index (χ2n) is 5.30. The Labute approximate surface area is 145 Å². The summed E-state index contributed by atoms with van der Waals surface area (Å²) in [5.74, 6) is 1.12. The van der Waals surface area contributed by atoms with Crippen molar-refractivity contribution in [2.75, 3.05) is 7.11 Å². The van der Waals surface area contributed by atoms with E-state index in [4.69, 9.17) is 9.15 Å². The molecule has 2 aromatic carbocycles. The van der Waals surface area contributed by atoms with Gasteiger partial charge >= 0.3 is 0 Å². The van der Waals surface area contributed by atoms with Crippen LogP contribution in [0.1, 0.15) is 23.4 Å². The van der Waals surface area contributed by atoms with Gasteiger partial charge in [0.1, 0.15) is 11.8 Å². The second-order valence-corrected chi connectivity index (χ2v) is 7.01. The topological polar surface area (TPSA) is 94.3 Å². The lowest BCUT2D eigenvalue weighted by Crippen LogP contribution is -2.29. The van der Waals surface area contributed by atoms with Crippen LogP contribution in [-0.4, -0.2) is 25.7 Å². The van der Waals surface area contributed by atoms with Crippen LogP contribution in [0.4, 0.5) is 0 Å². The molecule has 1 atom stereocenters. The Bertz CT molecular complexity index is 938. The van der Waals surface area contributed by atoms with Gasteiger partial charge in [-0.25, -0.2) is 8.42 Å². The van der Waals surface area contributed by atoms with Crippen molar-refractivity contribution in [3.63, 3.8) is 0 Å². The van der Waals surface area contributed by atoms with E-state index in [2.05, 4.69) is 14.9 Å². The number of nitrogens with one attached hydrogen (secondary N) is 1. The Balaban J connectivity index is 1.96. The Morgan fingerprint density at radius 2 is 1.72 bits per heavy atom. The Morgan fingerprint density at radius 1 is 1.04 bits per heavy atom. The highest BCUT2D eigenvalue weighted by Gasteiger charge is 2.27. The van der Waals surface area contributed by atoms with Crippen LogP contribution >= 0.6 is 0 Å². The van der Waals surface area contributed by atoms with Gasteiger partial charge in [0.05, 0.1) is 12.0 Å². The maximum atomic E-state index is 12.8. The third kappa shape index (κ3) is 3.86. The zero-order chi connectivity index (χ0) is 17.9. The molecule has 1 unspecified atom stereocenters. The lowest BCUT2D eigenvalue weighted by Gasteiger charge is -2.16. The molecule has 0 aliphatic carbocycles. The molecule has 1 N–H and O–H groups in total. The summed E-state index contributed by atoms with van der Waals surface area (Å²) >= 11 is 0. The zero-order valence-electron chi connectivity index (χ0n) is 13.7. The standard InChI is InChI=1S/C17H17N3O4S/c1-12-18-19-17(24-12)16(13-6-4-3-5-7-13)20-25(21,22)15-10-8-14(23-2)9-11-15/h3-11,16,20H,1-2H3. The van der Waals surface area contributed by atoms with Crippen molar-refractivity contribution in [2.45, 2.75) is 17.9 Å². The molecule has 0 aliphatic heterocycles. The number of hydrogen-bond acceptors (Lipinski definition) is 6. The van der Waals surface area contributed by atoms with E-state index in [0.29, 0.717) is 17.2 Å². The van der Waals surface area contributed by atoms with Crippen LogP contribution in [0.3, 0.4) is 0 Å². The van der Waals surface area contributed by atoms with Crippen molar-refractivity contribution in [3.8, 4) is 5.75 Å². The van der Waals surface area contributed by atoms with Gasteiger partial charge < -0.3 is 9.15 Å². The Kier molecular flexibility index (Phi) is 4.82. The molecule has 0 spiro atoms. The highest BCUT2D eigenvalue weighted by molar-refractivity contribution is 7.89. The Hall–Kier alpha value is -2.71. The summed E-state index contributed by atoms with van der Waals surface area (Å²) in [5.41, 5.74) is 0.697. The third-order valence-electron chi connectivity index (χ3n) is 3.56. The molecule has 7 nitrogen and oxygen atoms in total. The molecule has 1 heterocycles. The quantitative estimate of drug-likeness (QED) is 0.726. The number of aryl methyl sites for hydroxylation is 1. The van der Waals surface area contributed by atoms with Crippen molar-refractivity contribution in [2.24, 2.45) is 0 Å². The van der Waals surface area contributed by atoms with Crippen molar-refractivity contribution in [1.82, 2.24) is 14.9 Å². The molecule has 0 aliphatic rings. The SMILES string of the molecule is COc1ccc(S(=O)(=O)NC(c2ccccc2)c2nnc(C)o2)cc1. The lowest BCUT2D eigenvalue weighted by molar-refractivity contribution is 0.414. The summed E-state index contributed by atoms with van der Waals surface area (Å²) in [6.45, 7) is 1.65. The molecule has 0 amide bonds. The van der Waals surface area contributed by atoms with E-state index >= 15 is 0 Å². The highest BCUT2D eigenvalue weighted by Crippen LogP contribution is 2.24. The molecule has 3 aromatic rings. The molecule has 8 heteroatoms. The van der Waals surface area contributed by atoms with E-state index in [1.807, 2.05) is 18.2 Å². The monoisotopic (exact) mass is 359 g/mol. The molecule has 0 radical (unpaired) electrons. The number of ether oxygens (including phenoxy) is 1. The molecule has 25 heavy (non-hydrogen) atoms. The predicted molar refractivity (Wildman–Crippen MR) is 90.6 cm³/mol. The smallest absolute Gasteiger partial charge is 0.241 e. The maximum Gasteiger partial charge on any atom is 0.241 e. The van der Waals surface area contributed by atoms with E-state index in [1.165, 1.54) is 19.2 Å². The number of rotatable bonds is 6. The number of benzene rings is 2. The summed E-state index contributed by atoms with van der Waals surface area (Å²) in [6.07, 6.45) is 0. The van der Waals surface area contributed by atoms with Crippen LogP contribution < -0.4 is 9.46 Å². The predicted octanol–water partition coefficient (Wildman–Crippen LogP) is 2.45. The minimum atomic E-state index is -3.80. The van der Waals surface area contributed by atoms with Gasteiger partial charge in [-0.2, -0.15) is 4.72 Å². The first kappa shape index (κ1) is 17.1. The molecule has 1 aromatic heterocycles. The summed E-state index contributed by atoms with van der Waals surface area (Å²) in [7, 11) is -2.29. The van der Waals surface area contributed by atoms with Gasteiger partial charge in [0, 0.05) is 6.92 Å². The van der Waals surface area contributed by atoms with Gasteiger partial charge in [-0.3, -0.25) is 0 Å². The zero-order valence-corrected chi connectivity index (χ0v) is 14.5. The third-order valence-corrected chi connectivity index (χ3v) is 5.00. The largest absolute Gasteiger partial charge is 0.497 e. The summed E-state index contributed by atoms with van der Waals surface area (Å²) in [5, 5.41) is 7.75. The molecule has 0 saturated carbocycles. The van der Waals surface area contributed by atoms with E-state index in [0.717, 1.165) is 0 Å². The van der Waals surface area contributed by atoms with Gasteiger partial charge in [0.15, 0.2) is 0 Å². The average Bonchev–Trinajstić information content (AvgIpc) is 3.06. The highest BCUT2D eigenvalue weighted by atomic mass is 32.2. The molecular formula is C17H17N3O4S.